The highest BCUT2D eigenvalue weighted by Gasteiger charge is 2.33. The molecule has 2 nitrogen and oxygen atoms in total. The third kappa shape index (κ3) is 1.21. The minimum Gasteiger partial charge on any atom is -0.465 e. The lowest BCUT2D eigenvalue weighted by Crippen LogP contribution is -2.05. The average molecular weight is 191 g/mol. The molecule has 0 aliphatic heterocycles. The summed E-state index contributed by atoms with van der Waals surface area (Å²) in [5, 5.41) is 0. The van der Waals surface area contributed by atoms with Crippen molar-refractivity contribution >= 4 is 0 Å². The molecule has 0 bridgehead atoms. The fraction of sp³-hybridized carbons (Fsp3) is 0.667. The van der Waals surface area contributed by atoms with Crippen LogP contribution in [-0.2, 0) is 19.3 Å². The Bertz CT molecular complexity index is 349. The van der Waals surface area contributed by atoms with E-state index in [-0.39, 0.29) is 0 Å². The lowest BCUT2D eigenvalue weighted by atomic mass is 10.0. The van der Waals surface area contributed by atoms with Crippen LogP contribution in [0.5, 0.6) is 0 Å². The van der Waals surface area contributed by atoms with Gasteiger partial charge in [-0.1, -0.05) is 0 Å². The third-order valence-electron chi connectivity index (χ3n) is 3.40. The molecule has 1 heterocycles. The minimum absolute atomic E-state index is 0.738. The molecular weight excluding hydrogens is 174 g/mol. The van der Waals surface area contributed by atoms with Crippen molar-refractivity contribution in [3.8, 4) is 0 Å². The van der Waals surface area contributed by atoms with Crippen LogP contribution in [0.4, 0.5) is 0 Å². The van der Waals surface area contributed by atoms with E-state index in [0.717, 1.165) is 25.3 Å². The molecule has 76 valence electrons. The van der Waals surface area contributed by atoms with Crippen molar-refractivity contribution < 1.29 is 4.42 Å². The van der Waals surface area contributed by atoms with Gasteiger partial charge in [-0.15, -0.1) is 0 Å². The van der Waals surface area contributed by atoms with Crippen LogP contribution in [0.2, 0.25) is 0 Å². The van der Waals surface area contributed by atoms with Crippen LogP contribution in [0.1, 0.15) is 47.8 Å². The zero-order valence-corrected chi connectivity index (χ0v) is 8.51. The largest absolute Gasteiger partial charge is 0.465 e. The Hall–Kier alpha value is -0.760. The number of fused-ring (bicyclic) bond motifs is 1. The second-order valence-electron chi connectivity index (χ2n) is 4.51. The summed E-state index contributed by atoms with van der Waals surface area (Å²) >= 11 is 0. The molecule has 0 radical (unpaired) electrons. The van der Waals surface area contributed by atoms with Gasteiger partial charge in [0.15, 0.2) is 0 Å². The van der Waals surface area contributed by atoms with Crippen molar-refractivity contribution in [2.45, 2.75) is 44.4 Å². The normalized spacial score (nSPS) is 20.1. The highest BCUT2D eigenvalue weighted by molar-refractivity contribution is 5.39. The van der Waals surface area contributed by atoms with Gasteiger partial charge in [0.25, 0.3) is 0 Å². The van der Waals surface area contributed by atoms with Gasteiger partial charge in [0, 0.05) is 12.3 Å². The van der Waals surface area contributed by atoms with Crippen LogP contribution in [-0.4, -0.2) is 6.54 Å². The van der Waals surface area contributed by atoms with Crippen LogP contribution < -0.4 is 5.73 Å². The molecule has 1 fully saturated rings. The summed E-state index contributed by atoms with van der Waals surface area (Å²) in [5.41, 5.74) is 8.65. The molecule has 2 N–H and O–H groups in total. The zero-order valence-electron chi connectivity index (χ0n) is 8.51. The van der Waals surface area contributed by atoms with E-state index in [1.54, 1.807) is 0 Å². The van der Waals surface area contributed by atoms with E-state index in [2.05, 4.69) is 0 Å². The molecule has 0 amide bonds. The molecule has 3 rings (SSSR count). The molecule has 1 aromatic heterocycles. The summed E-state index contributed by atoms with van der Waals surface area (Å²) in [4.78, 5) is 0. The molecule has 1 saturated carbocycles. The molecule has 2 aliphatic rings. The number of hydrogen-bond donors (Lipinski definition) is 1. The Morgan fingerprint density at radius 1 is 1.29 bits per heavy atom. The summed E-state index contributed by atoms with van der Waals surface area (Å²) in [6, 6.07) is 0. The quantitative estimate of drug-likeness (QED) is 0.795. The number of furan rings is 1. The molecule has 1 aromatic rings. The van der Waals surface area contributed by atoms with Gasteiger partial charge in [0.1, 0.15) is 11.5 Å². The number of rotatable bonds is 3. The first kappa shape index (κ1) is 8.54. The Kier molecular flexibility index (Phi) is 1.91. The Labute approximate surface area is 84.5 Å². The highest BCUT2D eigenvalue weighted by Crippen LogP contribution is 2.45. The summed E-state index contributed by atoms with van der Waals surface area (Å²) in [6.07, 6.45) is 7.32. The SMILES string of the molecule is NCCc1c(C2CC2)oc2c1CCC2. The van der Waals surface area contributed by atoms with E-state index >= 15 is 0 Å². The van der Waals surface area contributed by atoms with Gasteiger partial charge < -0.3 is 10.2 Å². The number of aryl methyl sites for hydroxylation is 1. The maximum atomic E-state index is 5.98. The van der Waals surface area contributed by atoms with Gasteiger partial charge in [-0.3, -0.25) is 0 Å². The molecule has 14 heavy (non-hydrogen) atoms. The van der Waals surface area contributed by atoms with E-state index in [1.165, 1.54) is 48.3 Å². The minimum atomic E-state index is 0.738. The lowest BCUT2D eigenvalue weighted by Gasteiger charge is -2.01. The monoisotopic (exact) mass is 191 g/mol. The predicted molar refractivity (Wildman–Crippen MR) is 55.5 cm³/mol. The van der Waals surface area contributed by atoms with Gasteiger partial charge in [0.2, 0.25) is 0 Å². The first-order chi connectivity index (χ1) is 6.90. The van der Waals surface area contributed by atoms with Gasteiger partial charge in [0.05, 0.1) is 0 Å². The van der Waals surface area contributed by atoms with Crippen LogP contribution in [0.25, 0.3) is 0 Å². The fourth-order valence-electron chi connectivity index (χ4n) is 2.58. The number of hydrogen-bond acceptors (Lipinski definition) is 2. The van der Waals surface area contributed by atoms with Crippen LogP contribution in [0.15, 0.2) is 4.42 Å². The summed E-state index contributed by atoms with van der Waals surface area (Å²) < 4.78 is 5.98. The van der Waals surface area contributed by atoms with Crippen molar-refractivity contribution in [1.82, 2.24) is 0 Å². The van der Waals surface area contributed by atoms with Crippen molar-refractivity contribution in [2.75, 3.05) is 6.54 Å². The van der Waals surface area contributed by atoms with Crippen molar-refractivity contribution in [3.63, 3.8) is 0 Å². The zero-order chi connectivity index (χ0) is 9.54. The summed E-state index contributed by atoms with van der Waals surface area (Å²) in [7, 11) is 0. The maximum absolute atomic E-state index is 5.98. The molecule has 0 unspecified atom stereocenters. The molecule has 0 spiro atoms. The Balaban J connectivity index is 2.01. The van der Waals surface area contributed by atoms with E-state index in [0.29, 0.717) is 0 Å². The van der Waals surface area contributed by atoms with E-state index in [9.17, 15) is 0 Å². The first-order valence-corrected chi connectivity index (χ1v) is 5.73. The Morgan fingerprint density at radius 2 is 2.14 bits per heavy atom. The van der Waals surface area contributed by atoms with Gasteiger partial charge in [-0.05, 0) is 49.8 Å². The van der Waals surface area contributed by atoms with Crippen molar-refractivity contribution in [1.29, 1.82) is 0 Å². The Morgan fingerprint density at radius 3 is 2.86 bits per heavy atom. The van der Waals surface area contributed by atoms with Gasteiger partial charge >= 0.3 is 0 Å². The standard InChI is InChI=1S/C12H17NO/c13-7-6-10-9-2-1-3-11(9)14-12(10)8-4-5-8/h8H,1-7,13H2. The second-order valence-corrected chi connectivity index (χ2v) is 4.51. The molecule has 2 heteroatoms. The van der Waals surface area contributed by atoms with Gasteiger partial charge in [-0.25, -0.2) is 0 Å². The topological polar surface area (TPSA) is 39.2 Å². The van der Waals surface area contributed by atoms with Gasteiger partial charge in [-0.2, -0.15) is 0 Å². The molecule has 0 saturated heterocycles. The summed E-state index contributed by atoms with van der Waals surface area (Å²) in [5.74, 6) is 3.30. The molecular formula is C12H17NO. The summed E-state index contributed by atoms with van der Waals surface area (Å²) in [6.45, 7) is 0.756. The van der Waals surface area contributed by atoms with E-state index < -0.39 is 0 Å². The number of nitrogens with two attached hydrogens (primary N) is 1. The molecule has 2 aliphatic carbocycles. The second kappa shape index (κ2) is 3.13. The van der Waals surface area contributed by atoms with Crippen LogP contribution >= 0.6 is 0 Å². The molecule has 0 atom stereocenters. The third-order valence-corrected chi connectivity index (χ3v) is 3.40. The lowest BCUT2D eigenvalue weighted by molar-refractivity contribution is 0.467. The smallest absolute Gasteiger partial charge is 0.110 e. The van der Waals surface area contributed by atoms with Crippen molar-refractivity contribution in [2.24, 2.45) is 5.73 Å². The molecule has 0 aromatic carbocycles. The maximum Gasteiger partial charge on any atom is 0.110 e. The average Bonchev–Trinajstić information content (AvgIpc) is 2.82. The highest BCUT2D eigenvalue weighted by atomic mass is 16.3. The van der Waals surface area contributed by atoms with Crippen molar-refractivity contribution in [3.05, 3.63) is 22.6 Å². The van der Waals surface area contributed by atoms with E-state index in [1.807, 2.05) is 0 Å². The first-order valence-electron chi connectivity index (χ1n) is 5.73. The van der Waals surface area contributed by atoms with E-state index in [4.69, 9.17) is 10.2 Å². The fourth-order valence-corrected chi connectivity index (χ4v) is 2.58. The van der Waals surface area contributed by atoms with Crippen LogP contribution in [0.3, 0.4) is 0 Å². The predicted octanol–water partition coefficient (Wildman–Crippen LogP) is 2.15. The van der Waals surface area contributed by atoms with Crippen LogP contribution in [0, 0.1) is 0 Å².